The summed E-state index contributed by atoms with van der Waals surface area (Å²) in [6.45, 7) is 4.45. The molecule has 0 aliphatic carbocycles. The van der Waals surface area contributed by atoms with E-state index in [0.717, 1.165) is 44.9 Å². The van der Waals surface area contributed by atoms with E-state index < -0.39 is 18.1 Å². The van der Waals surface area contributed by atoms with Crippen molar-refractivity contribution in [2.75, 3.05) is 41.0 Å². The lowest BCUT2D eigenvalue weighted by molar-refractivity contribution is -0.887. The van der Waals surface area contributed by atoms with Crippen molar-refractivity contribution in [3.05, 3.63) is 72.9 Å². The lowest BCUT2D eigenvalue weighted by atomic mass is 10.1. The van der Waals surface area contributed by atoms with Crippen LogP contribution in [0.2, 0.25) is 0 Å². The average molecular weight is 701 g/mol. The van der Waals surface area contributed by atoms with Crippen LogP contribution < -0.4 is 0 Å². The smallest absolute Gasteiger partial charge is 0.362 e. The van der Waals surface area contributed by atoms with Crippen molar-refractivity contribution < 1.29 is 38.2 Å². The molecule has 0 aromatic rings. The highest BCUT2D eigenvalue weighted by Crippen LogP contribution is 2.12. The zero-order valence-corrected chi connectivity index (χ0v) is 32.1. The Morgan fingerprint density at radius 1 is 0.620 bits per heavy atom. The van der Waals surface area contributed by atoms with Gasteiger partial charge in [0, 0.05) is 19.3 Å². The first-order valence-corrected chi connectivity index (χ1v) is 19.0. The molecular formula is C42H70NO7+. The third kappa shape index (κ3) is 30.8. The van der Waals surface area contributed by atoms with Crippen LogP contribution in [0, 0.1) is 0 Å². The van der Waals surface area contributed by atoms with Gasteiger partial charge in [0.15, 0.2) is 12.1 Å². The van der Waals surface area contributed by atoms with Crippen LogP contribution in [0.4, 0.5) is 0 Å². The van der Waals surface area contributed by atoms with E-state index in [2.05, 4.69) is 32.1 Å². The van der Waals surface area contributed by atoms with Crippen molar-refractivity contribution in [3.8, 4) is 0 Å². The summed E-state index contributed by atoms with van der Waals surface area (Å²) in [5.74, 6) is -1.60. The zero-order chi connectivity index (χ0) is 37.1. The SMILES string of the molecule is CC/C=C/C=C/C=C/C=C/C=C/CCCC(=O)OCC(COCCC(C(=O)O)[N+](C)(C)C)OC(=O)CCCCC/C=C/CCCCCCCC. The van der Waals surface area contributed by atoms with Gasteiger partial charge in [-0.05, 0) is 51.4 Å². The molecule has 0 aliphatic rings. The number of likely N-dealkylation sites (N-methyl/N-ethyl adjacent to an activating group) is 1. The molecule has 0 amide bonds. The van der Waals surface area contributed by atoms with E-state index in [1.807, 2.05) is 75.8 Å². The number of aliphatic carboxylic acids is 1. The Kier molecular flexibility index (Phi) is 30.8. The minimum absolute atomic E-state index is 0.0284. The van der Waals surface area contributed by atoms with E-state index in [1.165, 1.54) is 38.5 Å². The molecule has 2 unspecified atom stereocenters. The summed E-state index contributed by atoms with van der Waals surface area (Å²) in [4.78, 5) is 36.7. The Balaban J connectivity index is 4.59. The summed E-state index contributed by atoms with van der Waals surface area (Å²) in [6.07, 6.45) is 39.6. The van der Waals surface area contributed by atoms with Crippen molar-refractivity contribution in [1.82, 2.24) is 0 Å². The second kappa shape index (κ2) is 32.9. The number of quaternary nitrogens is 1. The van der Waals surface area contributed by atoms with E-state index in [4.69, 9.17) is 14.2 Å². The van der Waals surface area contributed by atoms with E-state index in [-0.39, 0.29) is 49.1 Å². The molecule has 0 heterocycles. The molecule has 0 bridgehead atoms. The number of nitrogens with zero attached hydrogens (tertiary/aromatic N) is 1. The van der Waals surface area contributed by atoms with Crippen molar-refractivity contribution in [1.29, 1.82) is 0 Å². The first kappa shape index (κ1) is 46.8. The van der Waals surface area contributed by atoms with Gasteiger partial charge in [-0.25, -0.2) is 4.79 Å². The molecule has 8 nitrogen and oxygen atoms in total. The molecule has 0 spiro atoms. The number of hydrogen-bond acceptors (Lipinski definition) is 6. The molecule has 0 aromatic carbocycles. The van der Waals surface area contributed by atoms with Crippen LogP contribution in [0.25, 0.3) is 0 Å². The summed E-state index contributed by atoms with van der Waals surface area (Å²) in [6, 6.07) is -0.629. The Hall–Kier alpha value is -3.23. The van der Waals surface area contributed by atoms with Crippen LogP contribution in [0.5, 0.6) is 0 Å². The van der Waals surface area contributed by atoms with Crippen LogP contribution in [0.15, 0.2) is 72.9 Å². The lowest BCUT2D eigenvalue weighted by Gasteiger charge is -2.31. The molecule has 8 heteroatoms. The topological polar surface area (TPSA) is 99.1 Å². The fourth-order valence-corrected chi connectivity index (χ4v) is 5.00. The quantitative estimate of drug-likeness (QED) is 0.0245. The van der Waals surface area contributed by atoms with Gasteiger partial charge < -0.3 is 23.8 Å². The van der Waals surface area contributed by atoms with Gasteiger partial charge in [-0.1, -0.05) is 125 Å². The maximum Gasteiger partial charge on any atom is 0.362 e. The third-order valence-corrected chi connectivity index (χ3v) is 7.97. The van der Waals surface area contributed by atoms with Crippen LogP contribution in [-0.2, 0) is 28.6 Å². The molecule has 2 atom stereocenters. The Labute approximate surface area is 304 Å². The standard InChI is InChI=1S/C42H69NO7/c1-6-8-10-12-14-16-18-20-22-24-26-28-30-32-40(44)49-37-38(36-48-35-34-39(42(46)47)43(3,4)5)50-41(45)33-31-29-27-25-23-21-19-17-15-13-11-9-7-2/h8,10,12,14,16,18,20-24,26,38-39H,6-7,9,11,13,15,17,19,25,27-37H2,1-5H3/p+1/b10-8+,14-12+,18-16+,22-20+,23-21+,26-24+. The number of hydrogen-bond donors (Lipinski definition) is 1. The molecule has 0 aliphatic heterocycles. The number of esters is 2. The number of ether oxygens (including phenoxy) is 3. The first-order valence-electron chi connectivity index (χ1n) is 19.0. The minimum Gasteiger partial charge on any atom is -0.477 e. The summed E-state index contributed by atoms with van der Waals surface area (Å²) >= 11 is 0. The second-order valence-corrected chi connectivity index (χ2v) is 13.6. The minimum atomic E-state index is -0.891. The highest BCUT2D eigenvalue weighted by atomic mass is 16.6. The van der Waals surface area contributed by atoms with Gasteiger partial charge in [0.2, 0.25) is 0 Å². The van der Waals surface area contributed by atoms with Gasteiger partial charge in [0.25, 0.3) is 0 Å². The van der Waals surface area contributed by atoms with E-state index in [0.29, 0.717) is 12.8 Å². The average Bonchev–Trinajstić information content (AvgIpc) is 3.06. The maximum atomic E-state index is 12.6. The van der Waals surface area contributed by atoms with Gasteiger partial charge >= 0.3 is 17.9 Å². The fourth-order valence-electron chi connectivity index (χ4n) is 5.00. The largest absolute Gasteiger partial charge is 0.477 e. The van der Waals surface area contributed by atoms with Gasteiger partial charge in [0.05, 0.1) is 34.4 Å². The van der Waals surface area contributed by atoms with E-state index in [9.17, 15) is 19.5 Å². The highest BCUT2D eigenvalue weighted by molar-refractivity contribution is 5.72. The zero-order valence-electron chi connectivity index (χ0n) is 32.1. The van der Waals surface area contributed by atoms with E-state index in [1.54, 1.807) is 0 Å². The third-order valence-electron chi connectivity index (χ3n) is 7.97. The number of carboxylic acids is 1. The first-order chi connectivity index (χ1) is 24.1. The number of carboxylic acid groups (broad SMARTS) is 1. The van der Waals surface area contributed by atoms with Gasteiger partial charge in [-0.2, -0.15) is 0 Å². The Morgan fingerprint density at radius 3 is 1.76 bits per heavy atom. The molecular weight excluding hydrogens is 630 g/mol. The molecule has 0 rings (SSSR count). The molecule has 1 N–H and O–H groups in total. The lowest BCUT2D eigenvalue weighted by Crippen LogP contribution is -2.50. The van der Waals surface area contributed by atoms with Crippen LogP contribution in [0.1, 0.15) is 123 Å². The van der Waals surface area contributed by atoms with Crippen LogP contribution in [-0.4, -0.2) is 80.6 Å². The molecule has 0 aromatic heterocycles. The van der Waals surface area contributed by atoms with Gasteiger partial charge in [0.1, 0.15) is 6.61 Å². The Morgan fingerprint density at radius 2 is 1.16 bits per heavy atom. The highest BCUT2D eigenvalue weighted by Gasteiger charge is 2.31. The predicted molar refractivity (Wildman–Crippen MR) is 206 cm³/mol. The molecule has 0 saturated carbocycles. The van der Waals surface area contributed by atoms with Crippen molar-refractivity contribution in [3.63, 3.8) is 0 Å². The molecule has 284 valence electrons. The monoisotopic (exact) mass is 701 g/mol. The normalized spacial score (nSPS) is 13.9. The maximum absolute atomic E-state index is 12.6. The summed E-state index contributed by atoms with van der Waals surface area (Å²) < 4.78 is 17.1. The predicted octanol–water partition coefficient (Wildman–Crippen LogP) is 9.63. The summed E-state index contributed by atoms with van der Waals surface area (Å²) in [5.41, 5.74) is 0. The fraction of sp³-hybridized carbons (Fsp3) is 0.643. The van der Waals surface area contributed by atoms with Gasteiger partial charge in [-0.15, -0.1) is 0 Å². The Bertz CT molecular complexity index is 1050. The van der Waals surface area contributed by atoms with Crippen molar-refractivity contribution >= 4 is 17.9 Å². The summed E-state index contributed by atoms with van der Waals surface area (Å²) in [7, 11) is 5.48. The van der Waals surface area contributed by atoms with E-state index >= 15 is 0 Å². The van der Waals surface area contributed by atoms with Crippen molar-refractivity contribution in [2.24, 2.45) is 0 Å². The van der Waals surface area contributed by atoms with Crippen LogP contribution in [0.3, 0.4) is 0 Å². The number of carbonyl (C=O) groups is 3. The van der Waals surface area contributed by atoms with Crippen LogP contribution >= 0.6 is 0 Å². The molecule has 0 fully saturated rings. The number of carbonyl (C=O) groups excluding carboxylic acids is 2. The molecule has 0 radical (unpaired) electrons. The second-order valence-electron chi connectivity index (χ2n) is 13.6. The number of allylic oxidation sites excluding steroid dienone is 12. The summed E-state index contributed by atoms with van der Waals surface area (Å²) in [5, 5.41) is 9.58. The molecule has 0 saturated heterocycles. The van der Waals surface area contributed by atoms with Gasteiger partial charge in [-0.3, -0.25) is 9.59 Å². The van der Waals surface area contributed by atoms with Crippen molar-refractivity contribution in [2.45, 2.75) is 135 Å². The molecule has 50 heavy (non-hydrogen) atoms. The number of rotatable bonds is 32. The number of unbranched alkanes of at least 4 members (excludes halogenated alkanes) is 10.